The third-order valence-corrected chi connectivity index (χ3v) is 1.47. The number of nitrogens with zero attached hydrogens (tertiary/aromatic N) is 1. The van der Waals surface area contributed by atoms with Crippen LogP contribution in [0, 0.1) is 6.08 Å². The summed E-state index contributed by atoms with van der Waals surface area (Å²) >= 11 is 0. The topological polar surface area (TPSA) is 14.1 Å². The van der Waals surface area contributed by atoms with Crippen LogP contribution in [0.1, 0.15) is 19.3 Å². The standard InChI is InChI=1S/C5H5.C4H8N.2ClH.Ti/c2*1-2-4-5-3-1;;;/h1-3H,4H2;1-4H2;2*1H;/q2*-1;;;+4/p-2. The summed E-state index contributed by atoms with van der Waals surface area (Å²) in [7, 11) is 0. The largest absolute Gasteiger partial charge is 4.00 e. The number of rotatable bonds is 0. The number of hydrogen-bond acceptors (Lipinski definition) is 0. The van der Waals surface area contributed by atoms with Gasteiger partial charge in [0.25, 0.3) is 0 Å². The zero-order chi connectivity index (χ0) is 7.07. The van der Waals surface area contributed by atoms with E-state index in [-0.39, 0.29) is 46.5 Å². The molecule has 1 nitrogen and oxygen atoms in total. The second-order valence-electron chi connectivity index (χ2n) is 2.38. The molecule has 0 aromatic rings. The van der Waals surface area contributed by atoms with Crippen molar-refractivity contribution < 1.29 is 46.5 Å². The third kappa shape index (κ3) is 12.7. The van der Waals surface area contributed by atoms with Crippen LogP contribution in [0.15, 0.2) is 18.2 Å². The quantitative estimate of drug-likeness (QED) is 0.314. The Morgan fingerprint density at radius 2 is 1.69 bits per heavy atom. The Bertz CT molecular complexity index is 116. The van der Waals surface area contributed by atoms with E-state index in [1.165, 1.54) is 12.8 Å². The van der Waals surface area contributed by atoms with Crippen molar-refractivity contribution in [2.24, 2.45) is 0 Å². The van der Waals surface area contributed by atoms with Gasteiger partial charge in [0.1, 0.15) is 0 Å². The Morgan fingerprint density at radius 1 is 1.08 bits per heavy atom. The van der Waals surface area contributed by atoms with Crippen molar-refractivity contribution in [2.75, 3.05) is 13.1 Å². The maximum atomic E-state index is 4.08. The molecule has 1 saturated heterocycles. The van der Waals surface area contributed by atoms with Gasteiger partial charge in [-0.2, -0.15) is 6.08 Å². The zero-order valence-corrected chi connectivity index (χ0v) is 10.5. The molecule has 2 rings (SSSR count). The van der Waals surface area contributed by atoms with Crippen LogP contribution in [0.2, 0.25) is 0 Å². The zero-order valence-electron chi connectivity index (χ0n) is 7.47. The molecule has 1 fully saturated rings. The van der Waals surface area contributed by atoms with Gasteiger partial charge in [-0.3, -0.25) is 6.08 Å². The van der Waals surface area contributed by atoms with Crippen LogP contribution < -0.4 is 24.8 Å². The summed E-state index contributed by atoms with van der Waals surface area (Å²) in [4.78, 5) is 0. The predicted octanol–water partition coefficient (Wildman–Crippen LogP) is -3.53. The van der Waals surface area contributed by atoms with Crippen LogP contribution in [0.25, 0.3) is 5.32 Å². The number of halogens is 2. The molecule has 0 amide bonds. The number of hydrogen-bond donors (Lipinski definition) is 0. The molecule has 0 saturated carbocycles. The summed E-state index contributed by atoms with van der Waals surface area (Å²) in [5.74, 6) is 0. The molecule has 72 valence electrons. The first-order chi connectivity index (χ1) is 5.00. The molecule has 0 atom stereocenters. The maximum absolute atomic E-state index is 4.08. The molecule has 0 N–H and O–H groups in total. The van der Waals surface area contributed by atoms with Crippen LogP contribution in [-0.2, 0) is 21.7 Å². The molecule has 0 aromatic heterocycles. The minimum absolute atomic E-state index is 0. The summed E-state index contributed by atoms with van der Waals surface area (Å²) in [5, 5.41) is 4.08. The Morgan fingerprint density at radius 3 is 1.85 bits per heavy atom. The molecule has 0 bridgehead atoms. The SMILES string of the molecule is C1CC[N-]C1.[C-]1=CC=CC1.[Cl-].[Cl-].[Ti+4]. The molecule has 1 aliphatic heterocycles. The van der Waals surface area contributed by atoms with Gasteiger partial charge in [0.2, 0.25) is 0 Å². The normalized spacial score (nSPS) is 16.0. The summed E-state index contributed by atoms with van der Waals surface area (Å²) in [6.45, 7) is 2.25. The first-order valence-corrected chi connectivity index (χ1v) is 3.85. The molecule has 0 spiro atoms. The van der Waals surface area contributed by atoms with Crippen LogP contribution in [-0.4, -0.2) is 13.1 Å². The van der Waals surface area contributed by atoms with Gasteiger partial charge in [0.05, 0.1) is 0 Å². The summed E-state index contributed by atoms with van der Waals surface area (Å²) < 4.78 is 0. The van der Waals surface area contributed by atoms with E-state index in [0.717, 1.165) is 19.5 Å². The van der Waals surface area contributed by atoms with Gasteiger partial charge in [-0.1, -0.05) is 12.8 Å². The van der Waals surface area contributed by atoms with E-state index in [2.05, 4.69) is 17.5 Å². The Hall–Kier alpha value is 0.734. The Balaban J connectivity index is -0.000000125. The van der Waals surface area contributed by atoms with E-state index in [1.807, 2.05) is 12.2 Å². The predicted molar refractivity (Wildman–Crippen MR) is 43.9 cm³/mol. The molecule has 2 aliphatic rings. The van der Waals surface area contributed by atoms with Crippen LogP contribution in [0.3, 0.4) is 0 Å². The molecular formula is C9H13Cl2NTi. The summed E-state index contributed by atoms with van der Waals surface area (Å²) in [6, 6.07) is 0. The van der Waals surface area contributed by atoms with Gasteiger partial charge in [-0.15, -0.1) is 19.5 Å². The van der Waals surface area contributed by atoms with E-state index in [0.29, 0.717) is 0 Å². The van der Waals surface area contributed by atoms with Crippen LogP contribution in [0.4, 0.5) is 0 Å². The first kappa shape index (κ1) is 19.3. The van der Waals surface area contributed by atoms with E-state index in [9.17, 15) is 0 Å². The molecule has 0 unspecified atom stereocenters. The maximum Gasteiger partial charge on any atom is 4.00 e. The van der Waals surface area contributed by atoms with E-state index in [4.69, 9.17) is 0 Å². The minimum atomic E-state index is 0. The summed E-state index contributed by atoms with van der Waals surface area (Å²) in [5.41, 5.74) is 0. The van der Waals surface area contributed by atoms with Crippen LogP contribution in [0.5, 0.6) is 0 Å². The monoisotopic (exact) mass is 253 g/mol. The second kappa shape index (κ2) is 15.2. The van der Waals surface area contributed by atoms with Crippen molar-refractivity contribution in [3.63, 3.8) is 0 Å². The molecule has 4 heteroatoms. The van der Waals surface area contributed by atoms with E-state index in [1.54, 1.807) is 0 Å². The van der Waals surface area contributed by atoms with Gasteiger partial charge in [0.15, 0.2) is 0 Å². The van der Waals surface area contributed by atoms with Gasteiger partial charge in [-0.05, 0) is 0 Å². The van der Waals surface area contributed by atoms with Crippen molar-refractivity contribution in [2.45, 2.75) is 19.3 Å². The fourth-order valence-corrected chi connectivity index (χ4v) is 0.899. The molecule has 1 aliphatic carbocycles. The first-order valence-electron chi connectivity index (χ1n) is 3.85. The minimum Gasteiger partial charge on any atom is -1.00 e. The van der Waals surface area contributed by atoms with E-state index < -0.39 is 0 Å². The smallest absolute Gasteiger partial charge is 1.00 e. The van der Waals surface area contributed by atoms with Crippen molar-refractivity contribution >= 4 is 0 Å². The van der Waals surface area contributed by atoms with E-state index >= 15 is 0 Å². The van der Waals surface area contributed by atoms with Gasteiger partial charge < -0.3 is 30.1 Å². The van der Waals surface area contributed by atoms with Gasteiger partial charge in [-0.25, -0.2) is 12.2 Å². The third-order valence-electron chi connectivity index (χ3n) is 1.47. The fraction of sp³-hybridized carbons (Fsp3) is 0.556. The molecule has 1 heterocycles. The van der Waals surface area contributed by atoms with Gasteiger partial charge >= 0.3 is 21.7 Å². The molecular weight excluding hydrogens is 241 g/mol. The Labute approximate surface area is 108 Å². The molecule has 0 aromatic carbocycles. The van der Waals surface area contributed by atoms with Gasteiger partial charge in [0, 0.05) is 0 Å². The van der Waals surface area contributed by atoms with Crippen molar-refractivity contribution in [3.05, 3.63) is 29.6 Å². The average Bonchev–Trinajstić information content (AvgIpc) is 2.67. The number of allylic oxidation sites excluding steroid dienone is 4. The molecule has 0 radical (unpaired) electrons. The van der Waals surface area contributed by atoms with Crippen molar-refractivity contribution in [1.29, 1.82) is 0 Å². The van der Waals surface area contributed by atoms with Crippen molar-refractivity contribution in [1.82, 2.24) is 0 Å². The Kier molecular flexibility index (Phi) is 22.6. The fourth-order valence-electron chi connectivity index (χ4n) is 0.899. The summed E-state index contributed by atoms with van der Waals surface area (Å²) in [6.07, 6.45) is 12.7. The van der Waals surface area contributed by atoms with Crippen molar-refractivity contribution in [3.8, 4) is 0 Å². The second-order valence-corrected chi connectivity index (χ2v) is 2.38. The molecule has 13 heavy (non-hydrogen) atoms. The average molecular weight is 254 g/mol. The van der Waals surface area contributed by atoms with Crippen LogP contribution >= 0.6 is 0 Å².